The van der Waals surface area contributed by atoms with Crippen molar-refractivity contribution in [3.8, 4) is 0 Å². The lowest BCUT2D eigenvalue weighted by atomic mass is 9.77. The number of carboxylic acids is 1. The molecule has 23 heavy (non-hydrogen) atoms. The Morgan fingerprint density at radius 3 is 2.30 bits per heavy atom. The number of halogens is 1. The van der Waals surface area contributed by atoms with E-state index in [9.17, 15) is 9.90 Å². The number of benzene rings is 1. The number of aromatic carboxylic acids is 1. The summed E-state index contributed by atoms with van der Waals surface area (Å²) in [6.07, 6.45) is 1.61. The lowest BCUT2D eigenvalue weighted by molar-refractivity contribution is 0.00578. The van der Waals surface area contributed by atoms with E-state index in [0.717, 1.165) is 0 Å². The third-order valence-corrected chi connectivity index (χ3v) is 4.67. The molecular formula is C16H20BClO5. The zero-order chi connectivity index (χ0) is 17.4. The van der Waals surface area contributed by atoms with Gasteiger partial charge in [0, 0.05) is 5.02 Å². The lowest BCUT2D eigenvalue weighted by Crippen LogP contribution is -2.41. The van der Waals surface area contributed by atoms with Gasteiger partial charge in [-0.15, -0.1) is 0 Å². The summed E-state index contributed by atoms with van der Waals surface area (Å²) in [5.74, 6) is -1.04. The number of aliphatic hydroxyl groups excluding tert-OH is 1. The zero-order valence-corrected chi connectivity index (χ0v) is 14.3. The van der Waals surface area contributed by atoms with E-state index in [-0.39, 0.29) is 12.2 Å². The fourth-order valence-corrected chi connectivity index (χ4v) is 2.34. The molecule has 0 aliphatic carbocycles. The molecule has 1 saturated heterocycles. The van der Waals surface area contributed by atoms with Crippen LogP contribution in [-0.4, -0.2) is 41.1 Å². The first-order valence-electron chi connectivity index (χ1n) is 7.27. The summed E-state index contributed by atoms with van der Waals surface area (Å²) in [5.41, 5.74) is 0.0300. The van der Waals surface area contributed by atoms with Crippen molar-refractivity contribution in [1.82, 2.24) is 0 Å². The molecule has 1 fully saturated rings. The molecule has 5 nitrogen and oxygen atoms in total. The van der Waals surface area contributed by atoms with Gasteiger partial charge in [0.05, 0.1) is 23.4 Å². The molecule has 0 aromatic heterocycles. The minimum Gasteiger partial charge on any atom is -0.478 e. The number of carboxylic acid groups (broad SMARTS) is 1. The van der Waals surface area contributed by atoms with Crippen LogP contribution in [0.5, 0.6) is 0 Å². The van der Waals surface area contributed by atoms with Crippen molar-refractivity contribution in [1.29, 1.82) is 0 Å². The van der Waals surface area contributed by atoms with Crippen molar-refractivity contribution in [3.05, 3.63) is 39.8 Å². The Bertz CT molecular complexity index is 638. The fraction of sp³-hybridized carbons (Fsp3) is 0.438. The highest BCUT2D eigenvalue weighted by Gasteiger charge is 2.52. The van der Waals surface area contributed by atoms with Crippen molar-refractivity contribution < 1.29 is 24.3 Å². The van der Waals surface area contributed by atoms with Crippen LogP contribution in [0.15, 0.2) is 23.7 Å². The Kier molecular flexibility index (Phi) is 4.92. The van der Waals surface area contributed by atoms with Crippen LogP contribution >= 0.6 is 11.6 Å². The first-order chi connectivity index (χ1) is 10.6. The van der Waals surface area contributed by atoms with Gasteiger partial charge in [-0.1, -0.05) is 17.7 Å². The van der Waals surface area contributed by atoms with Crippen molar-refractivity contribution >= 4 is 30.8 Å². The average Bonchev–Trinajstić information content (AvgIpc) is 2.66. The second kappa shape index (κ2) is 6.28. The number of aliphatic hydroxyl groups is 1. The van der Waals surface area contributed by atoms with Gasteiger partial charge in [-0.3, -0.25) is 0 Å². The third-order valence-electron chi connectivity index (χ3n) is 4.32. The van der Waals surface area contributed by atoms with E-state index < -0.39 is 24.3 Å². The SMILES string of the molecule is CC1(C)OB(C(=Cc2cc(C(=O)O)ccc2Cl)CO)OC1(C)C. The van der Waals surface area contributed by atoms with Gasteiger partial charge in [-0.25, -0.2) is 4.79 Å². The maximum Gasteiger partial charge on any atom is 0.492 e. The number of hydrogen-bond acceptors (Lipinski definition) is 4. The van der Waals surface area contributed by atoms with E-state index >= 15 is 0 Å². The van der Waals surface area contributed by atoms with Gasteiger partial charge < -0.3 is 19.5 Å². The van der Waals surface area contributed by atoms with E-state index in [1.165, 1.54) is 18.2 Å². The summed E-state index contributed by atoms with van der Waals surface area (Å²) in [6, 6.07) is 4.39. The smallest absolute Gasteiger partial charge is 0.478 e. The molecule has 1 aromatic carbocycles. The van der Waals surface area contributed by atoms with Crippen LogP contribution in [0.2, 0.25) is 5.02 Å². The Morgan fingerprint density at radius 1 is 1.26 bits per heavy atom. The molecule has 0 bridgehead atoms. The molecule has 1 aliphatic rings. The fourth-order valence-electron chi connectivity index (χ4n) is 2.17. The van der Waals surface area contributed by atoms with Crippen LogP contribution in [0.3, 0.4) is 0 Å². The molecular weight excluding hydrogens is 318 g/mol. The average molecular weight is 339 g/mol. The summed E-state index contributed by atoms with van der Waals surface area (Å²) >= 11 is 6.12. The van der Waals surface area contributed by atoms with E-state index in [0.29, 0.717) is 16.1 Å². The quantitative estimate of drug-likeness (QED) is 0.825. The lowest BCUT2D eigenvalue weighted by Gasteiger charge is -2.32. The maximum absolute atomic E-state index is 11.1. The molecule has 2 rings (SSSR count). The highest BCUT2D eigenvalue weighted by molar-refractivity contribution is 6.56. The molecule has 1 aromatic rings. The monoisotopic (exact) mass is 338 g/mol. The molecule has 0 unspecified atom stereocenters. The molecule has 2 N–H and O–H groups in total. The van der Waals surface area contributed by atoms with E-state index in [2.05, 4.69) is 0 Å². The predicted molar refractivity (Wildman–Crippen MR) is 89.6 cm³/mol. The van der Waals surface area contributed by atoms with Crippen LogP contribution in [0, 0.1) is 0 Å². The van der Waals surface area contributed by atoms with Crippen LogP contribution < -0.4 is 0 Å². The third kappa shape index (κ3) is 3.61. The van der Waals surface area contributed by atoms with Gasteiger partial charge in [-0.2, -0.15) is 0 Å². The highest BCUT2D eigenvalue weighted by Crippen LogP contribution is 2.39. The standard InChI is InChI=1S/C16H20BClO5/c1-15(2)16(3,4)23-17(22-15)12(9-19)8-11-7-10(14(20)21)5-6-13(11)18/h5-8,19H,9H2,1-4H3,(H,20,21). The number of hydrogen-bond donors (Lipinski definition) is 2. The van der Waals surface area contributed by atoms with E-state index in [1.807, 2.05) is 27.7 Å². The largest absolute Gasteiger partial charge is 0.492 e. The van der Waals surface area contributed by atoms with Crippen LogP contribution in [0.1, 0.15) is 43.6 Å². The van der Waals surface area contributed by atoms with Crippen molar-refractivity contribution in [3.63, 3.8) is 0 Å². The number of carbonyl (C=O) groups is 1. The van der Waals surface area contributed by atoms with Crippen LogP contribution in [0.25, 0.3) is 6.08 Å². The molecule has 1 aliphatic heterocycles. The summed E-state index contributed by atoms with van der Waals surface area (Å²) in [6.45, 7) is 7.38. The van der Waals surface area contributed by atoms with Crippen molar-refractivity contribution in [2.75, 3.05) is 6.61 Å². The Labute approximate surface area is 141 Å². The molecule has 124 valence electrons. The normalized spacial score (nSPS) is 19.9. The summed E-state index contributed by atoms with van der Waals surface area (Å²) in [4.78, 5) is 11.1. The molecule has 0 amide bonds. The van der Waals surface area contributed by atoms with Gasteiger partial charge in [0.2, 0.25) is 0 Å². The van der Waals surface area contributed by atoms with E-state index in [1.54, 1.807) is 6.08 Å². The van der Waals surface area contributed by atoms with Crippen molar-refractivity contribution in [2.24, 2.45) is 0 Å². The maximum atomic E-state index is 11.1. The number of rotatable bonds is 4. The summed E-state index contributed by atoms with van der Waals surface area (Å²) in [7, 11) is -0.713. The van der Waals surface area contributed by atoms with E-state index in [4.69, 9.17) is 26.0 Å². The zero-order valence-electron chi connectivity index (χ0n) is 13.6. The second-order valence-electron chi connectivity index (χ2n) is 6.51. The molecule has 0 saturated carbocycles. The molecule has 0 atom stereocenters. The minimum absolute atomic E-state index is 0.117. The Hall–Kier alpha value is -1.34. The molecule has 1 heterocycles. The van der Waals surface area contributed by atoms with Gasteiger partial charge in [0.15, 0.2) is 0 Å². The van der Waals surface area contributed by atoms with Crippen LogP contribution in [-0.2, 0) is 9.31 Å². The molecule has 7 heteroatoms. The van der Waals surface area contributed by atoms with Gasteiger partial charge in [-0.05, 0) is 56.9 Å². The topological polar surface area (TPSA) is 76.0 Å². The minimum atomic E-state index is -1.04. The molecule has 0 radical (unpaired) electrons. The molecule has 0 spiro atoms. The van der Waals surface area contributed by atoms with Gasteiger partial charge in [0.1, 0.15) is 0 Å². The highest BCUT2D eigenvalue weighted by atomic mass is 35.5. The summed E-state index contributed by atoms with van der Waals surface area (Å²) < 4.78 is 11.8. The van der Waals surface area contributed by atoms with Gasteiger partial charge >= 0.3 is 13.1 Å². The predicted octanol–water partition coefficient (Wildman–Crippen LogP) is 3.05. The Balaban J connectivity index is 2.37. The first-order valence-corrected chi connectivity index (χ1v) is 7.65. The van der Waals surface area contributed by atoms with Crippen LogP contribution in [0.4, 0.5) is 0 Å². The van der Waals surface area contributed by atoms with Crippen molar-refractivity contribution in [2.45, 2.75) is 38.9 Å². The van der Waals surface area contributed by atoms with Gasteiger partial charge in [0.25, 0.3) is 0 Å². The Morgan fingerprint density at radius 2 is 1.83 bits per heavy atom. The second-order valence-corrected chi connectivity index (χ2v) is 6.91. The first kappa shape index (κ1) is 18.0. The summed E-state index contributed by atoms with van der Waals surface area (Å²) in [5, 5.41) is 19.1.